The van der Waals surface area contributed by atoms with E-state index in [1.165, 1.54) is 6.20 Å². The summed E-state index contributed by atoms with van der Waals surface area (Å²) in [6.45, 7) is 1.87. The number of aromatic nitrogens is 1. The first kappa shape index (κ1) is 19.2. The van der Waals surface area contributed by atoms with Crippen molar-refractivity contribution < 1.29 is 13.2 Å². The van der Waals surface area contributed by atoms with Crippen molar-refractivity contribution in [1.82, 2.24) is 9.29 Å². The van der Waals surface area contributed by atoms with Gasteiger partial charge in [-0.15, -0.1) is 11.8 Å². The predicted octanol–water partition coefficient (Wildman–Crippen LogP) is 3.82. The van der Waals surface area contributed by atoms with Gasteiger partial charge in [0.1, 0.15) is 10.6 Å². The summed E-state index contributed by atoms with van der Waals surface area (Å²) >= 11 is 1.61. The number of nitrogens with zero attached hydrogens (tertiary/aromatic N) is 2. The molecule has 3 rings (SSSR count). The molecule has 26 heavy (non-hydrogen) atoms. The van der Waals surface area contributed by atoms with Crippen LogP contribution in [0.25, 0.3) is 0 Å². The van der Waals surface area contributed by atoms with Gasteiger partial charge >= 0.3 is 0 Å². The Balaban J connectivity index is 1.45. The lowest BCUT2D eigenvalue weighted by Gasteiger charge is -2.25. The second kappa shape index (κ2) is 9.39. The lowest BCUT2D eigenvalue weighted by Crippen LogP contribution is -2.35. The zero-order valence-electron chi connectivity index (χ0n) is 14.7. The molecular weight excluding hydrogens is 368 g/mol. The third kappa shape index (κ3) is 5.22. The highest BCUT2D eigenvalue weighted by atomic mass is 32.2. The maximum Gasteiger partial charge on any atom is 0.244 e. The van der Waals surface area contributed by atoms with Gasteiger partial charge in [0.2, 0.25) is 10.0 Å². The van der Waals surface area contributed by atoms with Gasteiger partial charge in [-0.25, -0.2) is 13.4 Å². The van der Waals surface area contributed by atoms with E-state index >= 15 is 0 Å². The first-order chi connectivity index (χ1) is 12.7. The van der Waals surface area contributed by atoms with Crippen LogP contribution in [-0.2, 0) is 10.0 Å². The molecule has 0 aliphatic carbocycles. The summed E-state index contributed by atoms with van der Waals surface area (Å²) < 4.78 is 32.4. The van der Waals surface area contributed by atoms with Crippen LogP contribution in [0, 0.1) is 0 Å². The van der Waals surface area contributed by atoms with Crippen molar-refractivity contribution in [3.63, 3.8) is 0 Å². The van der Waals surface area contributed by atoms with E-state index in [0.29, 0.717) is 19.7 Å². The molecule has 0 saturated carbocycles. The number of sulfonamides is 1. The molecule has 0 amide bonds. The summed E-state index contributed by atoms with van der Waals surface area (Å²) in [6.07, 6.45) is 5.35. The normalized spacial score (nSPS) is 15.7. The van der Waals surface area contributed by atoms with Crippen LogP contribution < -0.4 is 4.74 Å². The monoisotopic (exact) mass is 392 g/mol. The van der Waals surface area contributed by atoms with E-state index in [9.17, 15) is 8.42 Å². The third-order valence-electron chi connectivity index (χ3n) is 4.21. The minimum atomic E-state index is -3.40. The van der Waals surface area contributed by atoms with Crippen LogP contribution >= 0.6 is 11.8 Å². The minimum absolute atomic E-state index is 0.288. The van der Waals surface area contributed by atoms with Crippen molar-refractivity contribution in [1.29, 1.82) is 0 Å². The summed E-state index contributed by atoms with van der Waals surface area (Å²) in [5, 5.41) is 0.835. The van der Waals surface area contributed by atoms with Crippen molar-refractivity contribution in [2.45, 2.75) is 35.6 Å². The van der Waals surface area contributed by atoms with Crippen LogP contribution in [0.3, 0.4) is 0 Å². The van der Waals surface area contributed by atoms with Crippen LogP contribution in [0.15, 0.2) is 58.6 Å². The number of thioether (sulfide) groups is 1. The molecule has 0 N–H and O–H groups in total. The summed E-state index contributed by atoms with van der Waals surface area (Å²) in [7, 11) is -3.40. The van der Waals surface area contributed by atoms with Crippen LogP contribution in [0.2, 0.25) is 0 Å². The van der Waals surface area contributed by atoms with Gasteiger partial charge in [0.25, 0.3) is 0 Å². The van der Waals surface area contributed by atoms with E-state index in [2.05, 4.69) is 4.98 Å². The van der Waals surface area contributed by atoms with Gasteiger partial charge in [0.05, 0.1) is 11.6 Å². The standard InChI is InChI=1S/C19H24N2O3S2/c22-26(23,21-12-5-2-6-13-21)18-10-11-19(20-16-18)25-15-7-14-24-17-8-3-1-4-9-17/h1,3-4,8-11,16H,2,5-7,12-15H2. The first-order valence-corrected chi connectivity index (χ1v) is 11.4. The van der Waals surface area contributed by atoms with Gasteiger partial charge in [-0.3, -0.25) is 0 Å². The number of benzene rings is 1. The summed E-state index contributed by atoms with van der Waals surface area (Å²) in [5.74, 6) is 1.75. The maximum atomic E-state index is 12.6. The molecule has 0 bridgehead atoms. The van der Waals surface area contributed by atoms with Crippen LogP contribution in [-0.4, -0.2) is 43.2 Å². The third-order valence-corrected chi connectivity index (χ3v) is 7.12. The molecule has 7 heteroatoms. The van der Waals surface area contributed by atoms with Crippen molar-refractivity contribution in [3.05, 3.63) is 48.7 Å². The Morgan fingerprint density at radius 2 is 1.81 bits per heavy atom. The molecule has 0 atom stereocenters. The lowest BCUT2D eigenvalue weighted by atomic mass is 10.2. The molecule has 0 unspecified atom stereocenters. The highest BCUT2D eigenvalue weighted by molar-refractivity contribution is 7.99. The quantitative estimate of drug-likeness (QED) is 0.505. The largest absolute Gasteiger partial charge is 0.494 e. The number of ether oxygens (including phenoxy) is 1. The number of rotatable bonds is 8. The number of hydrogen-bond acceptors (Lipinski definition) is 5. The molecule has 1 aliphatic rings. The van der Waals surface area contributed by atoms with Gasteiger partial charge in [-0.2, -0.15) is 4.31 Å². The van der Waals surface area contributed by atoms with Crippen molar-refractivity contribution in [3.8, 4) is 5.75 Å². The molecular formula is C19H24N2O3S2. The van der Waals surface area contributed by atoms with E-state index in [1.54, 1.807) is 28.2 Å². The fraction of sp³-hybridized carbons (Fsp3) is 0.421. The van der Waals surface area contributed by atoms with Gasteiger partial charge in [-0.1, -0.05) is 24.6 Å². The lowest BCUT2D eigenvalue weighted by molar-refractivity contribution is 0.318. The van der Waals surface area contributed by atoms with Gasteiger partial charge < -0.3 is 4.74 Å². The van der Waals surface area contributed by atoms with E-state index in [4.69, 9.17) is 4.74 Å². The maximum absolute atomic E-state index is 12.6. The zero-order valence-corrected chi connectivity index (χ0v) is 16.3. The molecule has 1 aliphatic heterocycles. The molecule has 0 spiro atoms. The van der Waals surface area contributed by atoms with Gasteiger partial charge in [0, 0.05) is 25.0 Å². The molecule has 1 aromatic carbocycles. The minimum Gasteiger partial charge on any atom is -0.494 e. The van der Waals surface area contributed by atoms with E-state index in [0.717, 1.165) is 42.2 Å². The van der Waals surface area contributed by atoms with Crippen LogP contribution in [0.5, 0.6) is 5.75 Å². The summed E-state index contributed by atoms with van der Waals surface area (Å²) in [4.78, 5) is 4.60. The van der Waals surface area contributed by atoms with Gasteiger partial charge in [0.15, 0.2) is 0 Å². The first-order valence-electron chi connectivity index (χ1n) is 8.93. The van der Waals surface area contributed by atoms with E-state index < -0.39 is 10.0 Å². The highest BCUT2D eigenvalue weighted by Gasteiger charge is 2.26. The van der Waals surface area contributed by atoms with Crippen LogP contribution in [0.1, 0.15) is 25.7 Å². The fourth-order valence-corrected chi connectivity index (χ4v) is 5.03. The van der Waals surface area contributed by atoms with E-state index in [-0.39, 0.29) is 4.90 Å². The van der Waals surface area contributed by atoms with Crippen molar-refractivity contribution >= 4 is 21.8 Å². The highest BCUT2D eigenvalue weighted by Crippen LogP contribution is 2.22. The summed E-state index contributed by atoms with van der Waals surface area (Å²) in [6, 6.07) is 13.2. The smallest absolute Gasteiger partial charge is 0.244 e. The van der Waals surface area contributed by atoms with Crippen molar-refractivity contribution in [2.24, 2.45) is 0 Å². The Morgan fingerprint density at radius 1 is 1.04 bits per heavy atom. The molecule has 1 aromatic heterocycles. The molecule has 1 saturated heterocycles. The molecule has 0 radical (unpaired) electrons. The molecule has 5 nitrogen and oxygen atoms in total. The zero-order chi connectivity index (χ0) is 18.2. The van der Waals surface area contributed by atoms with Crippen LogP contribution in [0.4, 0.5) is 0 Å². The number of para-hydroxylation sites is 1. The summed E-state index contributed by atoms with van der Waals surface area (Å²) in [5.41, 5.74) is 0. The second-order valence-electron chi connectivity index (χ2n) is 6.16. The predicted molar refractivity (Wildman–Crippen MR) is 104 cm³/mol. The Kier molecular flexibility index (Phi) is 6.93. The number of piperidine rings is 1. The average molecular weight is 393 g/mol. The Morgan fingerprint density at radius 3 is 2.50 bits per heavy atom. The molecule has 1 fully saturated rings. The Bertz CT molecular complexity index is 774. The Labute approximate surface area is 159 Å². The number of hydrogen-bond donors (Lipinski definition) is 0. The van der Waals surface area contributed by atoms with Crippen molar-refractivity contribution in [2.75, 3.05) is 25.4 Å². The molecule has 140 valence electrons. The second-order valence-corrected chi connectivity index (χ2v) is 9.21. The van der Waals surface area contributed by atoms with Gasteiger partial charge in [-0.05, 0) is 43.5 Å². The molecule has 2 aromatic rings. The SMILES string of the molecule is O=S(=O)(c1ccc(SCCCOc2ccccc2)nc1)N1CCCCC1. The Hall–Kier alpha value is -1.57. The fourth-order valence-electron chi connectivity index (χ4n) is 2.80. The topological polar surface area (TPSA) is 59.5 Å². The average Bonchev–Trinajstić information content (AvgIpc) is 2.69. The number of pyridine rings is 1. The van der Waals surface area contributed by atoms with E-state index in [1.807, 2.05) is 30.3 Å². The molecule has 2 heterocycles.